The Balaban J connectivity index is 1.34. The van der Waals surface area contributed by atoms with Crippen LogP contribution in [0.25, 0.3) is 83.9 Å². The highest BCUT2D eigenvalue weighted by Gasteiger charge is 2.20. The van der Waals surface area contributed by atoms with Gasteiger partial charge in [0.15, 0.2) is 17.5 Å². The van der Waals surface area contributed by atoms with Gasteiger partial charge in [0.05, 0.1) is 28.4 Å². The molecule has 0 aliphatic carbocycles. The van der Waals surface area contributed by atoms with E-state index < -0.39 is 0 Å². The lowest BCUT2D eigenvalue weighted by molar-refractivity contribution is 0.628. The van der Waals surface area contributed by atoms with E-state index in [9.17, 15) is 9.65 Å². The summed E-state index contributed by atoms with van der Waals surface area (Å²) in [6.07, 6.45) is 0. The van der Waals surface area contributed by atoms with Crippen molar-refractivity contribution in [2.45, 2.75) is 0 Å². The standard InChI is InChI=1S/C46H28FN5/c47-36-18-11-17-32(26-36)38-24-23-34(46-50-44(30-12-3-1-4-13-30)49-45(51-46)31-14-5-2-6-15-31)28-42(38)52-41-21-10-9-20-39(41)40-25-22-33(27-43(40)52)37-19-8-7-16-35(37)29-48/h1-28H. The highest BCUT2D eigenvalue weighted by molar-refractivity contribution is 6.11. The number of rotatable bonds is 6. The average molecular weight is 670 g/mol. The molecule has 7 aromatic carbocycles. The molecule has 244 valence electrons. The van der Waals surface area contributed by atoms with Crippen molar-refractivity contribution in [3.05, 3.63) is 181 Å². The van der Waals surface area contributed by atoms with E-state index >= 15 is 0 Å². The van der Waals surface area contributed by atoms with Crippen molar-refractivity contribution in [1.82, 2.24) is 19.5 Å². The van der Waals surface area contributed by atoms with Crippen LogP contribution in [0.5, 0.6) is 0 Å². The number of para-hydroxylation sites is 1. The topological polar surface area (TPSA) is 67.4 Å². The van der Waals surface area contributed by atoms with Gasteiger partial charge in [-0.25, -0.2) is 19.3 Å². The molecule has 6 heteroatoms. The van der Waals surface area contributed by atoms with E-state index in [1.54, 1.807) is 12.1 Å². The zero-order chi connectivity index (χ0) is 35.0. The Kier molecular flexibility index (Phi) is 7.64. The Bertz CT molecular complexity index is 2760. The number of benzene rings is 7. The van der Waals surface area contributed by atoms with E-state index in [0.29, 0.717) is 23.0 Å². The predicted molar refractivity (Wildman–Crippen MR) is 206 cm³/mol. The molecule has 5 nitrogen and oxygen atoms in total. The van der Waals surface area contributed by atoms with Gasteiger partial charge < -0.3 is 4.57 Å². The van der Waals surface area contributed by atoms with E-state index in [-0.39, 0.29) is 5.82 Å². The molecule has 0 spiro atoms. The third kappa shape index (κ3) is 5.47. The van der Waals surface area contributed by atoms with Gasteiger partial charge in [0.25, 0.3) is 0 Å². The maximum Gasteiger partial charge on any atom is 0.164 e. The molecule has 2 aromatic heterocycles. The third-order valence-electron chi connectivity index (χ3n) is 9.36. The van der Waals surface area contributed by atoms with Crippen molar-refractivity contribution < 1.29 is 4.39 Å². The Morgan fingerprint density at radius 2 is 1.02 bits per heavy atom. The fourth-order valence-electron chi connectivity index (χ4n) is 6.92. The van der Waals surface area contributed by atoms with Gasteiger partial charge in [-0.3, -0.25) is 0 Å². The maximum atomic E-state index is 14.8. The van der Waals surface area contributed by atoms with Crippen LogP contribution in [-0.2, 0) is 0 Å². The monoisotopic (exact) mass is 669 g/mol. The molecule has 2 heterocycles. The van der Waals surface area contributed by atoms with E-state index in [2.05, 4.69) is 47.0 Å². The SMILES string of the molecule is N#Cc1ccccc1-c1ccc2c3ccccc3n(-c3cc(-c4nc(-c5ccccc5)nc(-c5ccccc5)n4)ccc3-c3cccc(F)c3)c2c1. The molecule has 0 radical (unpaired) electrons. The molecule has 0 atom stereocenters. The molecule has 0 saturated carbocycles. The van der Waals surface area contributed by atoms with Crippen LogP contribution in [0.2, 0.25) is 0 Å². The van der Waals surface area contributed by atoms with Crippen LogP contribution >= 0.6 is 0 Å². The van der Waals surface area contributed by atoms with Crippen LogP contribution in [0.1, 0.15) is 5.56 Å². The van der Waals surface area contributed by atoms with E-state index in [4.69, 9.17) is 15.0 Å². The van der Waals surface area contributed by atoms with Crippen LogP contribution in [0, 0.1) is 17.1 Å². The summed E-state index contributed by atoms with van der Waals surface area (Å²) in [5.74, 6) is 1.34. The largest absolute Gasteiger partial charge is 0.309 e. The van der Waals surface area contributed by atoms with Gasteiger partial charge >= 0.3 is 0 Å². The lowest BCUT2D eigenvalue weighted by atomic mass is 9.98. The zero-order valence-electron chi connectivity index (χ0n) is 27.8. The number of nitrogens with zero attached hydrogens (tertiary/aromatic N) is 5. The van der Waals surface area contributed by atoms with Crippen LogP contribution in [0.4, 0.5) is 4.39 Å². The molecular formula is C46H28FN5. The highest BCUT2D eigenvalue weighted by Crippen LogP contribution is 2.40. The van der Waals surface area contributed by atoms with Crippen molar-refractivity contribution in [2.24, 2.45) is 0 Å². The Hall–Kier alpha value is -7.23. The van der Waals surface area contributed by atoms with Gasteiger partial charge in [0.1, 0.15) is 5.82 Å². The summed E-state index contributed by atoms with van der Waals surface area (Å²) < 4.78 is 17.1. The number of aromatic nitrogens is 4. The quantitative estimate of drug-likeness (QED) is 0.177. The Labute approximate surface area is 299 Å². The van der Waals surface area contributed by atoms with Crippen LogP contribution < -0.4 is 0 Å². The second-order valence-electron chi connectivity index (χ2n) is 12.5. The summed E-state index contributed by atoms with van der Waals surface area (Å²) in [6.45, 7) is 0. The van der Waals surface area contributed by atoms with Gasteiger partial charge in [-0.1, -0.05) is 133 Å². The van der Waals surface area contributed by atoms with Gasteiger partial charge in [-0.15, -0.1) is 0 Å². The van der Waals surface area contributed by atoms with E-state index in [0.717, 1.165) is 66.4 Å². The first kappa shape index (κ1) is 30.8. The molecule has 0 saturated heterocycles. The molecule has 0 fully saturated rings. The second kappa shape index (κ2) is 12.9. The van der Waals surface area contributed by atoms with Crippen molar-refractivity contribution in [1.29, 1.82) is 5.26 Å². The number of fused-ring (bicyclic) bond motifs is 3. The fraction of sp³-hybridized carbons (Fsp3) is 0. The first-order valence-corrected chi connectivity index (χ1v) is 16.9. The molecule has 9 aromatic rings. The molecular weight excluding hydrogens is 642 g/mol. The van der Waals surface area contributed by atoms with Crippen LogP contribution in [0.15, 0.2) is 170 Å². The normalized spacial score (nSPS) is 11.2. The molecule has 0 amide bonds. The van der Waals surface area contributed by atoms with Crippen molar-refractivity contribution >= 4 is 21.8 Å². The summed E-state index contributed by atoms with van der Waals surface area (Å²) in [6, 6.07) is 57.1. The van der Waals surface area contributed by atoms with Crippen LogP contribution in [-0.4, -0.2) is 19.5 Å². The lowest BCUT2D eigenvalue weighted by Crippen LogP contribution is -2.02. The second-order valence-corrected chi connectivity index (χ2v) is 12.5. The molecule has 9 rings (SSSR count). The van der Waals surface area contributed by atoms with Crippen molar-refractivity contribution in [2.75, 3.05) is 0 Å². The number of nitriles is 1. The highest BCUT2D eigenvalue weighted by atomic mass is 19.1. The van der Waals surface area contributed by atoms with Gasteiger partial charge in [-0.2, -0.15) is 5.26 Å². The molecule has 0 aliphatic heterocycles. The first-order chi connectivity index (χ1) is 25.6. The average Bonchev–Trinajstić information content (AvgIpc) is 3.54. The van der Waals surface area contributed by atoms with Gasteiger partial charge in [0.2, 0.25) is 0 Å². The summed E-state index contributed by atoms with van der Waals surface area (Å²) in [5.41, 5.74) is 9.29. The summed E-state index contributed by atoms with van der Waals surface area (Å²) in [7, 11) is 0. The summed E-state index contributed by atoms with van der Waals surface area (Å²) in [5, 5.41) is 12.1. The lowest BCUT2D eigenvalue weighted by Gasteiger charge is -2.17. The van der Waals surface area contributed by atoms with Crippen molar-refractivity contribution in [3.8, 4) is 68.2 Å². The minimum atomic E-state index is -0.317. The summed E-state index contributed by atoms with van der Waals surface area (Å²) >= 11 is 0. The first-order valence-electron chi connectivity index (χ1n) is 16.9. The Morgan fingerprint density at radius 3 is 1.73 bits per heavy atom. The smallest absolute Gasteiger partial charge is 0.164 e. The maximum absolute atomic E-state index is 14.8. The van der Waals surface area contributed by atoms with Crippen LogP contribution in [0.3, 0.4) is 0 Å². The molecule has 0 aliphatic rings. The Morgan fingerprint density at radius 1 is 0.442 bits per heavy atom. The minimum absolute atomic E-state index is 0.317. The molecule has 0 unspecified atom stereocenters. The van der Waals surface area contributed by atoms with Crippen molar-refractivity contribution in [3.63, 3.8) is 0 Å². The van der Waals surface area contributed by atoms with Gasteiger partial charge in [-0.05, 0) is 53.1 Å². The summed E-state index contributed by atoms with van der Waals surface area (Å²) in [4.78, 5) is 14.9. The zero-order valence-corrected chi connectivity index (χ0v) is 27.8. The van der Waals surface area contributed by atoms with E-state index in [1.165, 1.54) is 6.07 Å². The molecule has 0 bridgehead atoms. The molecule has 52 heavy (non-hydrogen) atoms. The van der Waals surface area contributed by atoms with Gasteiger partial charge in [0, 0.05) is 33.0 Å². The molecule has 0 N–H and O–H groups in total. The third-order valence-corrected chi connectivity index (χ3v) is 9.36. The van der Waals surface area contributed by atoms with E-state index in [1.807, 2.05) is 115 Å². The number of hydrogen-bond acceptors (Lipinski definition) is 4. The minimum Gasteiger partial charge on any atom is -0.309 e. The number of halogens is 1. The fourth-order valence-corrected chi connectivity index (χ4v) is 6.92. The number of hydrogen-bond donors (Lipinski definition) is 0. The predicted octanol–water partition coefficient (Wildman–Crippen LogP) is 11.3.